The van der Waals surface area contributed by atoms with E-state index in [1.54, 1.807) is 31.3 Å². The van der Waals surface area contributed by atoms with Crippen LogP contribution in [0, 0.1) is 5.82 Å². The molecule has 1 aromatic carbocycles. The lowest BCUT2D eigenvalue weighted by atomic mass is 10.1. The Bertz CT molecular complexity index is 1400. The van der Waals surface area contributed by atoms with Crippen LogP contribution >= 0.6 is 11.6 Å². The molecular weight excluding hydrogens is 477 g/mol. The fraction of sp³-hybridized carbons (Fsp3) is 0.130. The highest BCUT2D eigenvalue weighted by Crippen LogP contribution is 2.31. The van der Waals surface area contributed by atoms with Gasteiger partial charge >= 0.3 is 6.09 Å². The van der Waals surface area contributed by atoms with E-state index in [0.29, 0.717) is 33.3 Å². The summed E-state index contributed by atoms with van der Waals surface area (Å²) in [6.07, 6.45) is 2.15. The normalized spacial score (nSPS) is 10.6. The van der Waals surface area contributed by atoms with Gasteiger partial charge in [-0.25, -0.2) is 29.1 Å². The molecule has 0 fully saturated rings. The molecule has 4 rings (SSSR count). The van der Waals surface area contributed by atoms with Crippen LogP contribution in [0.15, 0.2) is 55.0 Å². The number of aromatic nitrogens is 4. The van der Waals surface area contributed by atoms with Gasteiger partial charge in [-0.3, -0.25) is 4.79 Å². The van der Waals surface area contributed by atoms with E-state index in [-0.39, 0.29) is 24.5 Å². The standard InChI is InChI=1S/C23H19ClFN7O3/c1-2-35-23(34)27-11-21(33)32-20-10-19(28-12-29-20)30-17-9-18(15-8-13(24)5-6-16(15)25)31-22-14(17)4-3-7-26-22/h3-10,12H,2,11H2,1H3,(H,27,34)(H2,26,28,29,30,31,32,33). The summed E-state index contributed by atoms with van der Waals surface area (Å²) >= 11 is 6.06. The van der Waals surface area contributed by atoms with Crippen LogP contribution in [0.4, 0.5) is 26.5 Å². The molecule has 0 aliphatic carbocycles. The summed E-state index contributed by atoms with van der Waals surface area (Å²) in [5.41, 5.74) is 1.49. The molecule has 0 aliphatic rings. The van der Waals surface area contributed by atoms with Crippen molar-refractivity contribution >= 4 is 52.0 Å². The number of anilines is 3. The number of nitrogens with one attached hydrogen (secondary N) is 3. The lowest BCUT2D eigenvalue weighted by Crippen LogP contribution is -2.33. The van der Waals surface area contributed by atoms with E-state index in [1.807, 2.05) is 0 Å². The highest BCUT2D eigenvalue weighted by atomic mass is 35.5. The second-order valence-electron chi connectivity index (χ2n) is 7.09. The number of benzene rings is 1. The lowest BCUT2D eigenvalue weighted by Gasteiger charge is -2.12. The van der Waals surface area contributed by atoms with Gasteiger partial charge in [0.25, 0.3) is 0 Å². The average Bonchev–Trinajstić information content (AvgIpc) is 2.84. The van der Waals surface area contributed by atoms with Crippen molar-refractivity contribution in [2.75, 3.05) is 23.8 Å². The number of carbonyl (C=O) groups is 2. The highest BCUT2D eigenvalue weighted by molar-refractivity contribution is 6.30. The SMILES string of the molecule is CCOC(=O)NCC(=O)Nc1cc(Nc2cc(-c3cc(Cl)ccc3F)nc3ncccc23)ncn1. The maximum atomic E-state index is 14.5. The zero-order valence-electron chi connectivity index (χ0n) is 18.4. The topological polar surface area (TPSA) is 131 Å². The second-order valence-corrected chi connectivity index (χ2v) is 7.53. The van der Waals surface area contributed by atoms with E-state index in [4.69, 9.17) is 16.3 Å². The Kier molecular flexibility index (Phi) is 7.27. The van der Waals surface area contributed by atoms with Crippen LogP contribution in [0.5, 0.6) is 0 Å². The third-order valence-electron chi connectivity index (χ3n) is 4.65. The number of alkyl carbamates (subject to hydrolysis) is 1. The van der Waals surface area contributed by atoms with Crippen molar-refractivity contribution in [3.05, 3.63) is 65.8 Å². The van der Waals surface area contributed by atoms with Crippen LogP contribution in [-0.4, -0.2) is 45.1 Å². The molecule has 3 N–H and O–H groups in total. The Hall–Kier alpha value is -4.38. The van der Waals surface area contributed by atoms with E-state index in [2.05, 4.69) is 35.9 Å². The smallest absolute Gasteiger partial charge is 0.407 e. The van der Waals surface area contributed by atoms with Gasteiger partial charge in [-0.2, -0.15) is 0 Å². The molecule has 0 radical (unpaired) electrons. The van der Waals surface area contributed by atoms with Gasteiger partial charge in [0.05, 0.1) is 18.0 Å². The second kappa shape index (κ2) is 10.7. The summed E-state index contributed by atoms with van der Waals surface area (Å²) in [4.78, 5) is 40.4. The summed E-state index contributed by atoms with van der Waals surface area (Å²) in [6, 6.07) is 10.9. The molecule has 178 valence electrons. The third kappa shape index (κ3) is 5.95. The van der Waals surface area contributed by atoms with Gasteiger partial charge < -0.3 is 20.7 Å². The van der Waals surface area contributed by atoms with E-state index in [1.165, 1.54) is 30.6 Å². The first-order valence-electron chi connectivity index (χ1n) is 10.4. The van der Waals surface area contributed by atoms with Crippen molar-refractivity contribution in [2.45, 2.75) is 6.92 Å². The van der Waals surface area contributed by atoms with Crippen molar-refractivity contribution in [2.24, 2.45) is 0 Å². The van der Waals surface area contributed by atoms with Crippen LogP contribution in [0.1, 0.15) is 6.92 Å². The fourth-order valence-corrected chi connectivity index (χ4v) is 3.32. The van der Waals surface area contributed by atoms with Crippen LogP contribution in [0.25, 0.3) is 22.3 Å². The van der Waals surface area contributed by atoms with Crippen LogP contribution in [0.3, 0.4) is 0 Å². The van der Waals surface area contributed by atoms with Crippen molar-refractivity contribution in [1.29, 1.82) is 0 Å². The molecule has 3 aromatic heterocycles. The number of ether oxygens (including phenoxy) is 1. The maximum absolute atomic E-state index is 14.5. The molecule has 0 spiro atoms. The van der Waals surface area contributed by atoms with E-state index in [9.17, 15) is 14.0 Å². The van der Waals surface area contributed by atoms with Gasteiger partial charge in [-0.1, -0.05) is 11.6 Å². The monoisotopic (exact) mass is 495 g/mol. The predicted octanol–water partition coefficient (Wildman–Crippen LogP) is 4.31. The number of hydrogen-bond donors (Lipinski definition) is 3. The lowest BCUT2D eigenvalue weighted by molar-refractivity contribution is -0.115. The minimum atomic E-state index is -0.696. The summed E-state index contributed by atoms with van der Waals surface area (Å²) in [5, 5.41) is 9.07. The minimum Gasteiger partial charge on any atom is -0.450 e. The first-order chi connectivity index (χ1) is 16.9. The van der Waals surface area contributed by atoms with Crippen LogP contribution in [0.2, 0.25) is 5.02 Å². The van der Waals surface area contributed by atoms with Crippen molar-refractivity contribution < 1.29 is 18.7 Å². The number of nitrogens with zero attached hydrogens (tertiary/aromatic N) is 4. The quantitative estimate of drug-likeness (QED) is 0.345. The molecule has 3 heterocycles. The fourth-order valence-electron chi connectivity index (χ4n) is 3.15. The van der Waals surface area contributed by atoms with Crippen molar-refractivity contribution in [3.63, 3.8) is 0 Å². The summed E-state index contributed by atoms with van der Waals surface area (Å²) < 4.78 is 19.2. The zero-order chi connectivity index (χ0) is 24.8. The zero-order valence-corrected chi connectivity index (χ0v) is 19.1. The van der Waals surface area contributed by atoms with Gasteiger partial charge in [0.1, 0.15) is 30.3 Å². The van der Waals surface area contributed by atoms with Crippen LogP contribution < -0.4 is 16.0 Å². The number of fused-ring (bicyclic) bond motifs is 1. The Morgan fingerprint density at radius 3 is 2.74 bits per heavy atom. The molecule has 12 heteroatoms. The van der Waals surface area contributed by atoms with E-state index < -0.39 is 17.8 Å². The molecular formula is C23H19ClFN7O3. The molecule has 4 aromatic rings. The molecule has 0 unspecified atom stereocenters. The van der Waals surface area contributed by atoms with E-state index in [0.717, 1.165) is 0 Å². The number of rotatable bonds is 7. The first kappa shape index (κ1) is 23.8. The number of amides is 2. The first-order valence-corrected chi connectivity index (χ1v) is 10.8. The van der Waals surface area contributed by atoms with E-state index >= 15 is 0 Å². The number of pyridine rings is 2. The minimum absolute atomic E-state index is 0.194. The van der Waals surface area contributed by atoms with Gasteiger partial charge in [-0.15, -0.1) is 0 Å². The third-order valence-corrected chi connectivity index (χ3v) is 4.89. The molecule has 0 saturated carbocycles. The Balaban J connectivity index is 1.59. The molecule has 35 heavy (non-hydrogen) atoms. The number of carbonyl (C=O) groups excluding carboxylic acids is 2. The summed E-state index contributed by atoms with van der Waals surface area (Å²) in [6.45, 7) is 1.56. The summed E-state index contributed by atoms with van der Waals surface area (Å²) in [5.74, 6) is -0.426. The van der Waals surface area contributed by atoms with Crippen molar-refractivity contribution in [3.8, 4) is 11.3 Å². The number of halogens is 2. The maximum Gasteiger partial charge on any atom is 0.407 e. The molecule has 0 saturated heterocycles. The van der Waals surface area contributed by atoms with Gasteiger partial charge in [-0.05, 0) is 43.3 Å². The number of hydrogen-bond acceptors (Lipinski definition) is 8. The highest BCUT2D eigenvalue weighted by Gasteiger charge is 2.14. The van der Waals surface area contributed by atoms with Crippen LogP contribution in [-0.2, 0) is 9.53 Å². The van der Waals surface area contributed by atoms with Crippen molar-refractivity contribution in [1.82, 2.24) is 25.3 Å². The Morgan fingerprint density at radius 2 is 1.91 bits per heavy atom. The average molecular weight is 496 g/mol. The summed E-state index contributed by atoms with van der Waals surface area (Å²) in [7, 11) is 0. The molecule has 2 amide bonds. The van der Waals surface area contributed by atoms with Gasteiger partial charge in [0.15, 0.2) is 5.65 Å². The predicted molar refractivity (Wildman–Crippen MR) is 129 cm³/mol. The Labute approximate surface area is 203 Å². The van der Waals surface area contributed by atoms with Gasteiger partial charge in [0, 0.05) is 28.2 Å². The Morgan fingerprint density at radius 1 is 1.09 bits per heavy atom. The largest absolute Gasteiger partial charge is 0.450 e. The van der Waals surface area contributed by atoms with Gasteiger partial charge in [0.2, 0.25) is 5.91 Å². The molecule has 0 atom stereocenters. The molecule has 10 nitrogen and oxygen atoms in total. The molecule has 0 bridgehead atoms. The molecule has 0 aliphatic heterocycles.